The molecule has 7 nitrogen and oxygen atoms in total. The van der Waals surface area contributed by atoms with Crippen LogP contribution >= 0.6 is 0 Å². The summed E-state index contributed by atoms with van der Waals surface area (Å²) in [6.07, 6.45) is -0.0146. The Morgan fingerprint density at radius 3 is 3.14 bits per heavy atom. The van der Waals surface area contributed by atoms with Crippen LogP contribution in [0, 0.1) is 11.3 Å². The zero-order valence-electron chi connectivity index (χ0n) is 7.67. The summed E-state index contributed by atoms with van der Waals surface area (Å²) in [6, 6.07) is 1.86. The molecule has 0 aliphatic heterocycles. The molecule has 0 aliphatic carbocycles. The molecular formula is C7H9N5O2. The molecule has 7 heteroatoms. The standard InChI is InChI=1S/C7H9N5O2/c1-2-14-7(13)5-6-9-11-12(10-6)4-3-8/h2,4-5H2,1H3. The first-order chi connectivity index (χ1) is 6.76. The van der Waals surface area contributed by atoms with Gasteiger partial charge < -0.3 is 4.74 Å². The van der Waals surface area contributed by atoms with Crippen molar-refractivity contribution < 1.29 is 9.53 Å². The molecule has 0 fully saturated rings. The van der Waals surface area contributed by atoms with Gasteiger partial charge in [-0.2, -0.15) is 5.26 Å². The minimum atomic E-state index is -0.399. The lowest BCUT2D eigenvalue weighted by molar-refractivity contribution is -0.142. The van der Waals surface area contributed by atoms with E-state index >= 15 is 0 Å². The SMILES string of the molecule is CCOC(=O)Cc1nnn(CC#N)n1. The second-order valence-corrected chi connectivity index (χ2v) is 2.38. The van der Waals surface area contributed by atoms with Crippen molar-refractivity contribution >= 4 is 5.97 Å². The van der Waals surface area contributed by atoms with Gasteiger partial charge in [-0.25, -0.2) is 0 Å². The lowest BCUT2D eigenvalue weighted by Gasteiger charge is -1.96. The number of nitrogens with zero attached hydrogens (tertiary/aromatic N) is 5. The van der Waals surface area contributed by atoms with Gasteiger partial charge in [0, 0.05) is 0 Å². The van der Waals surface area contributed by atoms with E-state index in [1.807, 2.05) is 6.07 Å². The Balaban J connectivity index is 2.51. The van der Waals surface area contributed by atoms with Gasteiger partial charge in [0.1, 0.15) is 13.0 Å². The molecule has 0 spiro atoms. The molecule has 0 aliphatic rings. The summed E-state index contributed by atoms with van der Waals surface area (Å²) in [5.41, 5.74) is 0. The summed E-state index contributed by atoms with van der Waals surface area (Å²) in [6.45, 7) is 2.07. The van der Waals surface area contributed by atoms with Crippen LogP contribution in [0.5, 0.6) is 0 Å². The molecule has 0 saturated carbocycles. The van der Waals surface area contributed by atoms with E-state index in [0.717, 1.165) is 4.80 Å². The summed E-state index contributed by atoms with van der Waals surface area (Å²) in [5.74, 6) is -0.136. The lowest BCUT2D eigenvalue weighted by Crippen LogP contribution is -2.09. The van der Waals surface area contributed by atoms with Gasteiger partial charge in [0.05, 0.1) is 12.7 Å². The maximum atomic E-state index is 11.0. The molecular weight excluding hydrogens is 186 g/mol. The molecule has 0 bridgehead atoms. The second-order valence-electron chi connectivity index (χ2n) is 2.38. The van der Waals surface area contributed by atoms with Crippen molar-refractivity contribution in [1.82, 2.24) is 20.2 Å². The minimum Gasteiger partial charge on any atom is -0.466 e. The molecule has 0 saturated heterocycles. The number of rotatable bonds is 4. The molecule has 14 heavy (non-hydrogen) atoms. The van der Waals surface area contributed by atoms with E-state index in [-0.39, 0.29) is 18.8 Å². The van der Waals surface area contributed by atoms with Gasteiger partial charge in [-0.3, -0.25) is 4.79 Å². The molecule has 74 valence electrons. The van der Waals surface area contributed by atoms with Crippen LogP contribution in [0.3, 0.4) is 0 Å². The average molecular weight is 195 g/mol. The number of esters is 1. The molecule has 0 N–H and O–H groups in total. The van der Waals surface area contributed by atoms with Gasteiger partial charge in [-0.15, -0.1) is 15.0 Å². The fourth-order valence-electron chi connectivity index (χ4n) is 0.819. The summed E-state index contributed by atoms with van der Waals surface area (Å²) in [5, 5.41) is 19.3. The number of carbonyl (C=O) groups excluding carboxylic acids is 1. The summed E-state index contributed by atoms with van der Waals surface area (Å²) in [4.78, 5) is 12.1. The minimum absolute atomic E-state index is 0.0146. The molecule has 0 radical (unpaired) electrons. The summed E-state index contributed by atoms with van der Waals surface area (Å²) < 4.78 is 4.69. The fourth-order valence-corrected chi connectivity index (χ4v) is 0.819. The Labute approximate surface area is 80.3 Å². The van der Waals surface area contributed by atoms with Crippen LogP contribution in [-0.2, 0) is 22.5 Å². The third kappa shape index (κ3) is 2.82. The Morgan fingerprint density at radius 2 is 2.50 bits per heavy atom. The van der Waals surface area contributed by atoms with E-state index in [0.29, 0.717) is 6.61 Å². The summed E-state index contributed by atoms with van der Waals surface area (Å²) in [7, 11) is 0. The van der Waals surface area contributed by atoms with Gasteiger partial charge in [-0.1, -0.05) is 0 Å². The maximum absolute atomic E-state index is 11.0. The maximum Gasteiger partial charge on any atom is 0.313 e. The third-order valence-electron chi connectivity index (χ3n) is 1.31. The van der Waals surface area contributed by atoms with Gasteiger partial charge in [0.15, 0.2) is 5.82 Å². The lowest BCUT2D eigenvalue weighted by atomic mass is 10.4. The molecule has 0 aromatic carbocycles. The number of tetrazole rings is 1. The monoisotopic (exact) mass is 195 g/mol. The van der Waals surface area contributed by atoms with Gasteiger partial charge in [0.2, 0.25) is 0 Å². The van der Waals surface area contributed by atoms with E-state index < -0.39 is 5.97 Å². The number of ether oxygens (including phenoxy) is 1. The van der Waals surface area contributed by atoms with Gasteiger partial charge >= 0.3 is 5.97 Å². The highest BCUT2D eigenvalue weighted by molar-refractivity contribution is 5.71. The van der Waals surface area contributed by atoms with Crippen LogP contribution in [0.25, 0.3) is 0 Å². The highest BCUT2D eigenvalue weighted by atomic mass is 16.5. The van der Waals surface area contributed by atoms with Crippen molar-refractivity contribution in [2.45, 2.75) is 19.9 Å². The van der Waals surface area contributed by atoms with Crippen LogP contribution in [0.4, 0.5) is 0 Å². The Kier molecular flexibility index (Phi) is 3.55. The average Bonchev–Trinajstić information content (AvgIpc) is 2.53. The molecule has 1 aromatic heterocycles. The molecule has 1 rings (SSSR count). The number of carbonyl (C=O) groups is 1. The first-order valence-corrected chi connectivity index (χ1v) is 4.05. The quantitative estimate of drug-likeness (QED) is 0.590. The van der Waals surface area contributed by atoms with E-state index in [2.05, 4.69) is 15.4 Å². The van der Waals surface area contributed by atoms with Gasteiger partial charge in [-0.05, 0) is 12.1 Å². The number of hydrogen-bond acceptors (Lipinski definition) is 6. The van der Waals surface area contributed by atoms with Gasteiger partial charge in [0.25, 0.3) is 0 Å². The van der Waals surface area contributed by atoms with Crippen LogP contribution in [0.1, 0.15) is 12.7 Å². The molecule has 1 heterocycles. The van der Waals surface area contributed by atoms with Crippen molar-refractivity contribution in [3.63, 3.8) is 0 Å². The third-order valence-corrected chi connectivity index (χ3v) is 1.31. The largest absolute Gasteiger partial charge is 0.466 e. The van der Waals surface area contributed by atoms with Crippen LogP contribution < -0.4 is 0 Å². The van der Waals surface area contributed by atoms with E-state index in [1.165, 1.54) is 0 Å². The molecule has 0 atom stereocenters. The van der Waals surface area contributed by atoms with Crippen molar-refractivity contribution in [2.24, 2.45) is 0 Å². The predicted octanol–water partition coefficient (Wildman–Crippen LogP) is -0.698. The Morgan fingerprint density at radius 1 is 1.71 bits per heavy atom. The Bertz CT molecular complexity index is 353. The Hall–Kier alpha value is -1.97. The van der Waals surface area contributed by atoms with Crippen LogP contribution in [0.15, 0.2) is 0 Å². The van der Waals surface area contributed by atoms with Crippen molar-refractivity contribution in [1.29, 1.82) is 5.26 Å². The van der Waals surface area contributed by atoms with Crippen molar-refractivity contribution in [2.75, 3.05) is 6.61 Å². The fraction of sp³-hybridized carbons (Fsp3) is 0.571. The molecule has 0 unspecified atom stereocenters. The molecule has 1 aromatic rings. The first kappa shape index (κ1) is 10.1. The second kappa shape index (κ2) is 4.91. The van der Waals surface area contributed by atoms with Crippen LogP contribution in [0.2, 0.25) is 0 Å². The number of nitriles is 1. The van der Waals surface area contributed by atoms with Crippen molar-refractivity contribution in [3.8, 4) is 6.07 Å². The van der Waals surface area contributed by atoms with Crippen LogP contribution in [-0.4, -0.2) is 32.8 Å². The highest BCUT2D eigenvalue weighted by Crippen LogP contribution is 1.91. The normalized spacial score (nSPS) is 9.43. The van der Waals surface area contributed by atoms with E-state index in [9.17, 15) is 4.79 Å². The zero-order valence-corrected chi connectivity index (χ0v) is 7.67. The zero-order chi connectivity index (χ0) is 10.4. The van der Waals surface area contributed by atoms with E-state index in [1.54, 1.807) is 6.92 Å². The topological polar surface area (TPSA) is 93.7 Å². The first-order valence-electron chi connectivity index (χ1n) is 4.05. The molecule has 0 amide bonds. The number of hydrogen-bond donors (Lipinski definition) is 0. The van der Waals surface area contributed by atoms with E-state index in [4.69, 9.17) is 10.00 Å². The predicted molar refractivity (Wildman–Crippen MR) is 43.8 cm³/mol. The highest BCUT2D eigenvalue weighted by Gasteiger charge is 2.09. The summed E-state index contributed by atoms with van der Waals surface area (Å²) >= 11 is 0. The number of aromatic nitrogens is 4. The van der Waals surface area contributed by atoms with Crippen molar-refractivity contribution in [3.05, 3.63) is 5.82 Å². The smallest absolute Gasteiger partial charge is 0.313 e.